The lowest BCUT2D eigenvalue weighted by atomic mass is 9.87. The number of nitrogens with one attached hydrogen (secondary N) is 1. The maximum absolute atomic E-state index is 13.2. The van der Waals surface area contributed by atoms with Gasteiger partial charge in [0, 0.05) is 49.5 Å². The molecule has 3 aromatic carbocycles. The molecule has 0 radical (unpaired) electrons. The molecule has 43 heavy (non-hydrogen) atoms. The van der Waals surface area contributed by atoms with Crippen LogP contribution < -0.4 is 15.1 Å². The van der Waals surface area contributed by atoms with E-state index in [1.54, 1.807) is 4.90 Å². The molecule has 1 atom stereocenters. The molecule has 0 aliphatic carbocycles. The number of anilines is 2. The van der Waals surface area contributed by atoms with Gasteiger partial charge in [-0.15, -0.1) is 0 Å². The summed E-state index contributed by atoms with van der Waals surface area (Å²) in [7, 11) is 0. The van der Waals surface area contributed by atoms with Crippen molar-refractivity contribution in [3.8, 4) is 0 Å². The molecule has 220 valence electrons. The minimum Gasteiger partial charge on any atom is -0.322 e. The molecule has 4 aliphatic heterocycles. The molecule has 0 bridgehead atoms. The summed E-state index contributed by atoms with van der Waals surface area (Å²) < 4.78 is 0. The molecular formula is C34H35N5O4. The van der Waals surface area contributed by atoms with Crippen molar-refractivity contribution in [2.24, 2.45) is 0 Å². The van der Waals surface area contributed by atoms with Crippen LogP contribution in [0, 0.1) is 0 Å². The van der Waals surface area contributed by atoms with Crippen LogP contribution in [0.5, 0.6) is 0 Å². The molecule has 1 N–H and O–H groups in total. The third kappa shape index (κ3) is 5.29. The Bertz CT molecular complexity index is 1580. The van der Waals surface area contributed by atoms with Gasteiger partial charge < -0.3 is 4.90 Å². The van der Waals surface area contributed by atoms with Gasteiger partial charge in [0.25, 0.3) is 5.91 Å². The normalized spacial score (nSPS) is 21.5. The van der Waals surface area contributed by atoms with Crippen molar-refractivity contribution in [3.63, 3.8) is 0 Å². The van der Waals surface area contributed by atoms with Crippen LogP contribution in [0.1, 0.15) is 58.6 Å². The van der Waals surface area contributed by atoms with Crippen molar-refractivity contribution >= 4 is 35.1 Å². The van der Waals surface area contributed by atoms with Crippen LogP contribution in [0.25, 0.3) is 0 Å². The van der Waals surface area contributed by atoms with Crippen molar-refractivity contribution < 1.29 is 19.2 Å². The van der Waals surface area contributed by atoms with Crippen LogP contribution in [0.4, 0.5) is 16.2 Å². The van der Waals surface area contributed by atoms with E-state index < -0.39 is 6.04 Å². The highest BCUT2D eigenvalue weighted by Gasteiger charge is 2.39. The first kappa shape index (κ1) is 27.3. The maximum atomic E-state index is 13.2. The first-order valence-electron chi connectivity index (χ1n) is 15.2. The Hall–Kier alpha value is -4.50. The van der Waals surface area contributed by atoms with E-state index in [1.165, 1.54) is 11.1 Å². The van der Waals surface area contributed by atoms with Gasteiger partial charge in [-0.25, -0.2) is 4.79 Å². The van der Waals surface area contributed by atoms with Gasteiger partial charge in [0.2, 0.25) is 11.8 Å². The van der Waals surface area contributed by atoms with Crippen molar-refractivity contribution in [2.45, 2.75) is 50.7 Å². The summed E-state index contributed by atoms with van der Waals surface area (Å²) in [6.45, 7) is 4.53. The highest BCUT2D eigenvalue weighted by Crippen LogP contribution is 2.34. The number of para-hydroxylation sites is 1. The van der Waals surface area contributed by atoms with E-state index >= 15 is 0 Å². The number of nitrogens with zero attached hydrogens (tertiary/aromatic N) is 4. The molecule has 3 aromatic rings. The van der Waals surface area contributed by atoms with Gasteiger partial charge in [-0.05, 0) is 85.3 Å². The van der Waals surface area contributed by atoms with Crippen LogP contribution in [-0.2, 0) is 22.7 Å². The molecule has 0 spiro atoms. The number of rotatable bonds is 6. The molecule has 4 heterocycles. The molecular weight excluding hydrogens is 542 g/mol. The number of hydrogen-bond donors (Lipinski definition) is 1. The Balaban J connectivity index is 0.958. The largest absolute Gasteiger partial charge is 0.329 e. The zero-order valence-electron chi connectivity index (χ0n) is 24.1. The summed E-state index contributed by atoms with van der Waals surface area (Å²) in [5, 5.41) is 2.37. The van der Waals surface area contributed by atoms with E-state index in [9.17, 15) is 19.2 Å². The second-order valence-corrected chi connectivity index (χ2v) is 12.0. The average Bonchev–Trinajstić information content (AvgIpc) is 3.57. The Labute approximate surface area is 251 Å². The SMILES string of the molecule is O=C1CCC(N2Cc3cc(C4CCN(Cc5cccc(N6CCN(c7ccccc7)C6=O)c5)CC4)ccc3C2=O)C(=O)N1. The number of urea groups is 1. The van der Waals surface area contributed by atoms with Crippen molar-refractivity contribution in [2.75, 3.05) is 36.0 Å². The molecule has 0 aromatic heterocycles. The van der Waals surface area contributed by atoms with Crippen LogP contribution in [0.3, 0.4) is 0 Å². The van der Waals surface area contributed by atoms with Crippen molar-refractivity contribution in [1.29, 1.82) is 0 Å². The summed E-state index contributed by atoms with van der Waals surface area (Å²) in [6.07, 6.45) is 2.69. The predicted molar refractivity (Wildman–Crippen MR) is 163 cm³/mol. The van der Waals surface area contributed by atoms with Crippen LogP contribution in [0.15, 0.2) is 72.8 Å². The number of benzene rings is 3. The molecule has 0 saturated carbocycles. The van der Waals surface area contributed by atoms with E-state index in [2.05, 4.69) is 34.5 Å². The van der Waals surface area contributed by atoms with E-state index in [-0.39, 0.29) is 30.2 Å². The molecule has 4 aliphatic rings. The van der Waals surface area contributed by atoms with Gasteiger partial charge in [0.05, 0.1) is 0 Å². The molecule has 5 amide bonds. The number of amides is 5. The first-order valence-corrected chi connectivity index (χ1v) is 15.2. The second-order valence-electron chi connectivity index (χ2n) is 12.0. The summed E-state index contributed by atoms with van der Waals surface area (Å²) in [5.41, 5.74) is 5.94. The van der Waals surface area contributed by atoms with E-state index in [0.717, 1.165) is 49.4 Å². The van der Waals surface area contributed by atoms with Crippen LogP contribution in [0.2, 0.25) is 0 Å². The summed E-state index contributed by atoms with van der Waals surface area (Å²) in [6, 6.07) is 23.7. The molecule has 1 unspecified atom stereocenters. The van der Waals surface area contributed by atoms with Crippen LogP contribution in [-0.4, -0.2) is 65.8 Å². The fraction of sp³-hybridized carbons (Fsp3) is 0.353. The molecule has 9 nitrogen and oxygen atoms in total. The minimum atomic E-state index is -0.589. The summed E-state index contributed by atoms with van der Waals surface area (Å²) in [4.78, 5) is 58.0. The Morgan fingerprint density at radius 3 is 2.26 bits per heavy atom. The second kappa shape index (κ2) is 11.3. The minimum absolute atomic E-state index is 0.0143. The Kier molecular flexibility index (Phi) is 7.18. The van der Waals surface area contributed by atoms with E-state index in [4.69, 9.17) is 0 Å². The quantitative estimate of drug-likeness (QED) is 0.442. The lowest BCUT2D eigenvalue weighted by Crippen LogP contribution is -2.52. The average molecular weight is 578 g/mol. The number of imide groups is 1. The van der Waals surface area contributed by atoms with Crippen molar-refractivity contribution in [1.82, 2.24) is 15.1 Å². The maximum Gasteiger partial charge on any atom is 0.329 e. The Morgan fingerprint density at radius 2 is 1.49 bits per heavy atom. The summed E-state index contributed by atoms with van der Waals surface area (Å²) in [5.74, 6) is -0.365. The zero-order valence-corrected chi connectivity index (χ0v) is 24.1. The topological polar surface area (TPSA) is 93.3 Å². The van der Waals surface area contributed by atoms with E-state index in [0.29, 0.717) is 37.5 Å². The third-order valence-electron chi connectivity index (χ3n) is 9.31. The number of likely N-dealkylation sites (tertiary alicyclic amines) is 1. The van der Waals surface area contributed by atoms with Gasteiger partial charge in [0.1, 0.15) is 6.04 Å². The fourth-order valence-corrected chi connectivity index (χ4v) is 6.98. The Morgan fingerprint density at radius 1 is 0.744 bits per heavy atom. The highest BCUT2D eigenvalue weighted by atomic mass is 16.2. The van der Waals surface area contributed by atoms with Gasteiger partial charge in [0.15, 0.2) is 0 Å². The number of hydrogen-bond acceptors (Lipinski definition) is 5. The third-order valence-corrected chi connectivity index (χ3v) is 9.31. The molecule has 7 rings (SSSR count). The van der Waals surface area contributed by atoms with Crippen molar-refractivity contribution in [3.05, 3.63) is 95.1 Å². The predicted octanol–water partition coefficient (Wildman–Crippen LogP) is 4.27. The lowest BCUT2D eigenvalue weighted by Gasteiger charge is -2.32. The fourth-order valence-electron chi connectivity index (χ4n) is 6.98. The van der Waals surface area contributed by atoms with Gasteiger partial charge >= 0.3 is 6.03 Å². The first-order chi connectivity index (χ1) is 20.9. The van der Waals surface area contributed by atoms with Gasteiger partial charge in [-0.1, -0.05) is 42.5 Å². The molecule has 3 saturated heterocycles. The highest BCUT2D eigenvalue weighted by molar-refractivity contribution is 6.06. The van der Waals surface area contributed by atoms with Gasteiger partial charge in [-0.3, -0.25) is 34.4 Å². The van der Waals surface area contributed by atoms with E-state index in [1.807, 2.05) is 58.3 Å². The summed E-state index contributed by atoms with van der Waals surface area (Å²) >= 11 is 0. The van der Waals surface area contributed by atoms with Gasteiger partial charge in [-0.2, -0.15) is 0 Å². The number of fused-ring (bicyclic) bond motifs is 1. The van der Waals surface area contributed by atoms with Crippen LogP contribution >= 0.6 is 0 Å². The number of piperidine rings is 2. The lowest BCUT2D eigenvalue weighted by molar-refractivity contribution is -0.136. The standard InChI is InChI=1S/C34H35N5O4/c40-31-12-11-30(32(41)35-31)39-22-26-20-25(9-10-29(26)33(39)42)24-13-15-36(16-14-24)21-23-5-4-8-28(19-23)38-18-17-37(34(38)43)27-6-2-1-3-7-27/h1-10,19-20,24,30H,11-18,21-22H2,(H,35,40,41). The zero-order chi connectivity index (χ0) is 29.5. The smallest absolute Gasteiger partial charge is 0.322 e. The number of carbonyl (C=O) groups is 4. The molecule has 9 heteroatoms. The molecule has 3 fully saturated rings. The number of carbonyl (C=O) groups excluding carboxylic acids is 4. The monoisotopic (exact) mass is 577 g/mol.